The Morgan fingerprint density at radius 3 is 2.55 bits per heavy atom. The first-order valence-electron chi connectivity index (χ1n) is 10.7. The lowest BCUT2D eigenvalue weighted by Crippen LogP contribution is -2.36. The molecule has 0 aliphatic carbocycles. The van der Waals surface area contributed by atoms with Crippen LogP contribution in [0.2, 0.25) is 0 Å². The van der Waals surface area contributed by atoms with Crippen LogP contribution in [0.5, 0.6) is 0 Å². The molecule has 5 nitrogen and oxygen atoms in total. The Morgan fingerprint density at radius 2 is 1.79 bits per heavy atom. The molecule has 156 valence electrons. The number of rotatable bonds is 10. The molecule has 2 aromatic rings. The van der Waals surface area contributed by atoms with Gasteiger partial charge in [-0.2, -0.15) is 0 Å². The molecule has 1 fully saturated rings. The number of piperidine rings is 1. The highest BCUT2D eigenvalue weighted by atomic mass is 16.5. The number of carbonyl (C=O) groups excluding carboxylic acids is 1. The summed E-state index contributed by atoms with van der Waals surface area (Å²) in [5, 5.41) is 2.98. The summed E-state index contributed by atoms with van der Waals surface area (Å²) in [7, 11) is 0. The molecule has 1 saturated heterocycles. The maximum Gasteiger partial charge on any atom is 0.220 e. The smallest absolute Gasteiger partial charge is 0.220 e. The van der Waals surface area contributed by atoms with Crippen LogP contribution in [0.4, 0.5) is 5.69 Å². The molecular weight excluding hydrogens is 362 g/mol. The van der Waals surface area contributed by atoms with Gasteiger partial charge in [0.2, 0.25) is 5.91 Å². The predicted octanol–water partition coefficient (Wildman–Crippen LogP) is 3.39. The van der Waals surface area contributed by atoms with Crippen LogP contribution in [0.3, 0.4) is 0 Å². The van der Waals surface area contributed by atoms with E-state index in [0.717, 1.165) is 50.1 Å². The SMILES string of the molecule is Nc1ccccc1CCC(=O)NCCCOC1CCN(Cc2ccccc2)CC1. The first-order chi connectivity index (χ1) is 14.2. The molecule has 5 heteroatoms. The van der Waals surface area contributed by atoms with Crippen LogP contribution in [-0.4, -0.2) is 43.2 Å². The van der Waals surface area contributed by atoms with Crippen molar-refractivity contribution in [1.29, 1.82) is 0 Å². The predicted molar refractivity (Wildman–Crippen MR) is 117 cm³/mol. The number of hydrogen-bond acceptors (Lipinski definition) is 4. The number of nitrogens with zero attached hydrogens (tertiary/aromatic N) is 1. The van der Waals surface area contributed by atoms with Gasteiger partial charge in [-0.1, -0.05) is 48.5 Å². The van der Waals surface area contributed by atoms with Crippen molar-refractivity contribution in [2.24, 2.45) is 0 Å². The van der Waals surface area contributed by atoms with E-state index in [9.17, 15) is 4.79 Å². The molecule has 3 rings (SSSR count). The highest BCUT2D eigenvalue weighted by Gasteiger charge is 2.19. The molecule has 0 atom stereocenters. The van der Waals surface area contributed by atoms with Crippen molar-refractivity contribution in [3.63, 3.8) is 0 Å². The van der Waals surface area contributed by atoms with Crippen LogP contribution in [0.25, 0.3) is 0 Å². The summed E-state index contributed by atoms with van der Waals surface area (Å²) in [6, 6.07) is 18.3. The topological polar surface area (TPSA) is 67.6 Å². The minimum absolute atomic E-state index is 0.0717. The first kappa shape index (κ1) is 21.3. The molecule has 0 saturated carbocycles. The lowest BCUT2D eigenvalue weighted by Gasteiger charge is -2.32. The van der Waals surface area contributed by atoms with Crippen molar-refractivity contribution >= 4 is 11.6 Å². The van der Waals surface area contributed by atoms with Crippen LogP contribution in [0, 0.1) is 0 Å². The molecule has 1 aliphatic rings. The van der Waals surface area contributed by atoms with Crippen molar-refractivity contribution in [1.82, 2.24) is 10.2 Å². The summed E-state index contributed by atoms with van der Waals surface area (Å²) < 4.78 is 6.01. The summed E-state index contributed by atoms with van der Waals surface area (Å²) in [6.07, 6.45) is 4.50. The zero-order valence-electron chi connectivity index (χ0n) is 17.2. The number of amides is 1. The number of anilines is 1. The second kappa shape index (κ2) is 11.6. The van der Waals surface area contributed by atoms with Gasteiger partial charge in [0.25, 0.3) is 0 Å². The van der Waals surface area contributed by atoms with Gasteiger partial charge in [-0.25, -0.2) is 0 Å². The van der Waals surface area contributed by atoms with Gasteiger partial charge >= 0.3 is 0 Å². The molecule has 0 unspecified atom stereocenters. The van der Waals surface area contributed by atoms with E-state index >= 15 is 0 Å². The Hall–Kier alpha value is -2.37. The number of carbonyl (C=O) groups is 1. The number of nitrogens with two attached hydrogens (primary N) is 1. The van der Waals surface area contributed by atoms with E-state index < -0.39 is 0 Å². The average molecular weight is 396 g/mol. The summed E-state index contributed by atoms with van der Waals surface area (Å²) in [6.45, 7) is 4.55. The highest BCUT2D eigenvalue weighted by Crippen LogP contribution is 2.16. The molecule has 0 aromatic heterocycles. The van der Waals surface area contributed by atoms with Crippen molar-refractivity contribution in [2.75, 3.05) is 32.0 Å². The quantitative estimate of drug-likeness (QED) is 0.478. The standard InChI is InChI=1S/C24H33N3O2/c25-23-10-5-4-9-21(23)11-12-24(28)26-15-6-18-29-22-13-16-27(17-14-22)19-20-7-2-1-3-8-20/h1-5,7-10,22H,6,11-19,25H2,(H,26,28). The largest absolute Gasteiger partial charge is 0.399 e. The molecule has 1 heterocycles. The normalized spacial score (nSPS) is 15.3. The summed E-state index contributed by atoms with van der Waals surface area (Å²) in [5.74, 6) is 0.0717. The number of nitrogen functional groups attached to an aromatic ring is 1. The van der Waals surface area contributed by atoms with Gasteiger partial charge in [0, 0.05) is 44.9 Å². The Morgan fingerprint density at radius 1 is 1.07 bits per heavy atom. The summed E-state index contributed by atoms with van der Waals surface area (Å²) >= 11 is 0. The van der Waals surface area contributed by atoms with Crippen molar-refractivity contribution in [3.8, 4) is 0 Å². The van der Waals surface area contributed by atoms with Gasteiger partial charge in [-0.15, -0.1) is 0 Å². The fraction of sp³-hybridized carbons (Fsp3) is 0.458. The fourth-order valence-electron chi connectivity index (χ4n) is 3.72. The molecule has 3 N–H and O–H groups in total. The number of ether oxygens (including phenoxy) is 1. The van der Waals surface area contributed by atoms with E-state index in [4.69, 9.17) is 10.5 Å². The van der Waals surface area contributed by atoms with Gasteiger partial charge in [0.05, 0.1) is 6.10 Å². The molecule has 0 bridgehead atoms. The number of para-hydroxylation sites is 1. The van der Waals surface area contributed by atoms with Crippen molar-refractivity contribution in [2.45, 2.75) is 44.8 Å². The number of benzene rings is 2. The summed E-state index contributed by atoms with van der Waals surface area (Å²) in [4.78, 5) is 14.5. The fourth-order valence-corrected chi connectivity index (χ4v) is 3.72. The molecular formula is C24H33N3O2. The second-order valence-corrected chi connectivity index (χ2v) is 7.73. The average Bonchev–Trinajstić information content (AvgIpc) is 2.75. The summed E-state index contributed by atoms with van der Waals surface area (Å²) in [5.41, 5.74) is 9.07. The molecule has 1 amide bonds. The van der Waals surface area contributed by atoms with Gasteiger partial charge < -0.3 is 15.8 Å². The van der Waals surface area contributed by atoms with Crippen LogP contribution in [-0.2, 0) is 22.5 Å². The zero-order valence-corrected chi connectivity index (χ0v) is 17.2. The van der Waals surface area contributed by atoms with E-state index in [1.165, 1.54) is 5.56 Å². The maximum absolute atomic E-state index is 12.0. The second-order valence-electron chi connectivity index (χ2n) is 7.73. The third-order valence-electron chi connectivity index (χ3n) is 5.46. The van der Waals surface area contributed by atoms with Gasteiger partial charge in [0.1, 0.15) is 0 Å². The van der Waals surface area contributed by atoms with Crippen LogP contribution < -0.4 is 11.1 Å². The minimum Gasteiger partial charge on any atom is -0.399 e. The Labute approximate surface area is 174 Å². The lowest BCUT2D eigenvalue weighted by molar-refractivity contribution is -0.121. The Bertz CT molecular complexity index is 743. The third kappa shape index (κ3) is 7.52. The van der Waals surface area contributed by atoms with E-state index in [0.29, 0.717) is 32.1 Å². The van der Waals surface area contributed by atoms with E-state index in [2.05, 4.69) is 40.5 Å². The van der Waals surface area contributed by atoms with Gasteiger partial charge in [0.15, 0.2) is 0 Å². The Kier molecular flexibility index (Phi) is 8.53. The van der Waals surface area contributed by atoms with E-state index in [-0.39, 0.29) is 5.91 Å². The number of hydrogen-bond donors (Lipinski definition) is 2. The van der Waals surface area contributed by atoms with Crippen LogP contribution >= 0.6 is 0 Å². The van der Waals surface area contributed by atoms with Gasteiger partial charge in [-0.3, -0.25) is 9.69 Å². The minimum atomic E-state index is 0.0717. The first-order valence-corrected chi connectivity index (χ1v) is 10.7. The zero-order chi connectivity index (χ0) is 20.3. The monoisotopic (exact) mass is 395 g/mol. The van der Waals surface area contributed by atoms with Gasteiger partial charge in [-0.05, 0) is 42.9 Å². The van der Waals surface area contributed by atoms with Crippen LogP contribution in [0.1, 0.15) is 36.8 Å². The van der Waals surface area contributed by atoms with Crippen molar-refractivity contribution in [3.05, 3.63) is 65.7 Å². The molecule has 0 radical (unpaired) electrons. The third-order valence-corrected chi connectivity index (χ3v) is 5.46. The molecule has 0 spiro atoms. The molecule has 2 aromatic carbocycles. The number of nitrogens with one attached hydrogen (secondary N) is 1. The van der Waals surface area contributed by atoms with E-state index in [1.54, 1.807) is 0 Å². The van der Waals surface area contributed by atoms with E-state index in [1.807, 2.05) is 24.3 Å². The number of likely N-dealkylation sites (tertiary alicyclic amines) is 1. The Balaban J connectivity index is 1.21. The highest BCUT2D eigenvalue weighted by molar-refractivity contribution is 5.76. The molecule has 1 aliphatic heterocycles. The molecule has 29 heavy (non-hydrogen) atoms. The van der Waals surface area contributed by atoms with Crippen LogP contribution in [0.15, 0.2) is 54.6 Å². The number of aryl methyl sites for hydroxylation is 1. The lowest BCUT2D eigenvalue weighted by atomic mass is 10.1. The maximum atomic E-state index is 12.0. The van der Waals surface area contributed by atoms with Crippen molar-refractivity contribution < 1.29 is 9.53 Å².